The number of alkyl halides is 3. The third kappa shape index (κ3) is 6.37. The van der Waals surface area contributed by atoms with E-state index in [4.69, 9.17) is 14.6 Å². The van der Waals surface area contributed by atoms with Gasteiger partial charge in [0.15, 0.2) is 0 Å². The number of hydrogen-bond acceptors (Lipinski definition) is 6. The van der Waals surface area contributed by atoms with Crippen LogP contribution in [0.2, 0.25) is 0 Å². The summed E-state index contributed by atoms with van der Waals surface area (Å²) in [5.74, 6) is -2.83. The fourth-order valence-corrected chi connectivity index (χ4v) is 3.64. The molecule has 8 nitrogen and oxygen atoms in total. The Morgan fingerprint density at radius 1 is 1.39 bits per heavy atom. The maximum absolute atomic E-state index is 12.1. The summed E-state index contributed by atoms with van der Waals surface area (Å²) in [6.45, 7) is 3.03. The van der Waals surface area contributed by atoms with Crippen LogP contribution in [0.5, 0.6) is 0 Å². The van der Waals surface area contributed by atoms with Crippen molar-refractivity contribution in [3.63, 3.8) is 0 Å². The Kier molecular flexibility index (Phi) is 7.63. The average molecular weight is 423 g/mol. The number of rotatable bonds is 5. The van der Waals surface area contributed by atoms with Gasteiger partial charge in [-0.05, 0) is 31.5 Å². The first-order chi connectivity index (χ1) is 13.2. The zero-order valence-corrected chi connectivity index (χ0v) is 15.6. The Morgan fingerprint density at radius 3 is 2.64 bits per heavy atom. The number of nitrogens with zero attached hydrogens (tertiary/aromatic N) is 1. The number of carbonyl (C=O) groups is 3. The molecule has 2 aliphatic heterocycles. The van der Waals surface area contributed by atoms with Crippen molar-refractivity contribution in [3.05, 3.63) is 21.9 Å². The Balaban J connectivity index is 0.000000345. The number of halogens is 3. The molecule has 0 bridgehead atoms. The number of thiophene rings is 1. The second kappa shape index (κ2) is 9.73. The summed E-state index contributed by atoms with van der Waals surface area (Å²) in [7, 11) is 0. The van der Waals surface area contributed by atoms with E-state index in [1.165, 1.54) is 11.3 Å². The van der Waals surface area contributed by atoms with Gasteiger partial charge in [0.05, 0.1) is 11.4 Å². The molecule has 3 rings (SSSR count). The highest BCUT2D eigenvalue weighted by molar-refractivity contribution is 7.14. The quantitative estimate of drug-likeness (QED) is 0.669. The number of aliphatic carboxylic acids is 1. The van der Waals surface area contributed by atoms with Crippen LogP contribution in [-0.2, 0) is 9.53 Å². The number of cyclic esters (lactones) is 1. The van der Waals surface area contributed by atoms with Gasteiger partial charge >= 0.3 is 18.2 Å². The lowest BCUT2D eigenvalue weighted by molar-refractivity contribution is -0.192. The van der Waals surface area contributed by atoms with Crippen LogP contribution in [0.15, 0.2) is 12.1 Å². The van der Waals surface area contributed by atoms with Crippen molar-refractivity contribution in [2.24, 2.45) is 0 Å². The Morgan fingerprint density at radius 2 is 2.11 bits per heavy atom. The van der Waals surface area contributed by atoms with Crippen LogP contribution < -0.4 is 10.6 Å². The number of hydrogen-bond donors (Lipinski definition) is 3. The molecule has 2 aliphatic rings. The number of carbonyl (C=O) groups excluding carboxylic acids is 2. The molecular weight excluding hydrogens is 403 g/mol. The lowest BCUT2D eigenvalue weighted by Gasteiger charge is -2.12. The third-order valence-electron chi connectivity index (χ3n) is 4.01. The zero-order chi connectivity index (χ0) is 20.7. The van der Waals surface area contributed by atoms with Gasteiger partial charge in [-0.15, -0.1) is 11.3 Å². The summed E-state index contributed by atoms with van der Waals surface area (Å²) >= 11 is 1.54. The van der Waals surface area contributed by atoms with E-state index in [0.29, 0.717) is 32.3 Å². The van der Waals surface area contributed by atoms with E-state index in [9.17, 15) is 22.8 Å². The molecule has 2 saturated heterocycles. The topological polar surface area (TPSA) is 108 Å². The minimum atomic E-state index is -5.08. The van der Waals surface area contributed by atoms with Crippen LogP contribution in [0.25, 0.3) is 0 Å². The molecule has 0 spiro atoms. The van der Waals surface area contributed by atoms with E-state index in [-0.39, 0.29) is 12.0 Å². The molecule has 3 N–H and O–H groups in total. The first-order valence-corrected chi connectivity index (χ1v) is 9.33. The van der Waals surface area contributed by atoms with Crippen molar-refractivity contribution in [1.29, 1.82) is 0 Å². The normalized spacial score (nSPS) is 19.0. The first-order valence-electron chi connectivity index (χ1n) is 8.51. The molecular formula is C16H20F3N3O5S. The highest BCUT2D eigenvalue weighted by Crippen LogP contribution is 2.29. The molecule has 1 unspecified atom stereocenters. The van der Waals surface area contributed by atoms with Crippen LogP contribution in [-0.4, -0.2) is 66.9 Å². The van der Waals surface area contributed by atoms with Gasteiger partial charge < -0.3 is 25.4 Å². The van der Waals surface area contributed by atoms with Gasteiger partial charge in [0.1, 0.15) is 6.61 Å². The second-order valence-electron chi connectivity index (χ2n) is 6.01. The van der Waals surface area contributed by atoms with Crippen molar-refractivity contribution in [2.45, 2.75) is 25.1 Å². The van der Waals surface area contributed by atoms with E-state index < -0.39 is 12.1 Å². The van der Waals surface area contributed by atoms with E-state index in [0.717, 1.165) is 17.8 Å². The number of nitrogens with one attached hydrogen (secondary N) is 2. The fraction of sp³-hybridized carbons (Fsp3) is 0.562. The number of carboxylic acid groups (broad SMARTS) is 1. The summed E-state index contributed by atoms with van der Waals surface area (Å²) in [5, 5.41) is 13.4. The predicted molar refractivity (Wildman–Crippen MR) is 93.2 cm³/mol. The maximum Gasteiger partial charge on any atom is 0.490 e. The Bertz CT molecular complexity index is 704. The predicted octanol–water partition coefficient (Wildman–Crippen LogP) is 1.99. The van der Waals surface area contributed by atoms with Gasteiger partial charge in [-0.25, -0.2) is 9.59 Å². The summed E-state index contributed by atoms with van der Waals surface area (Å²) < 4.78 is 36.6. The van der Waals surface area contributed by atoms with Crippen LogP contribution in [0.3, 0.4) is 0 Å². The van der Waals surface area contributed by atoms with Gasteiger partial charge in [0.2, 0.25) is 0 Å². The molecule has 1 atom stereocenters. The third-order valence-corrected chi connectivity index (χ3v) is 5.21. The van der Waals surface area contributed by atoms with Crippen LogP contribution in [0.1, 0.15) is 33.4 Å². The number of carboxylic acids is 1. The second-order valence-corrected chi connectivity index (χ2v) is 7.13. The first kappa shape index (κ1) is 22.0. The van der Waals surface area contributed by atoms with E-state index in [1.54, 1.807) is 16.2 Å². The van der Waals surface area contributed by atoms with Gasteiger partial charge in [-0.1, -0.05) is 0 Å². The molecule has 2 fully saturated rings. The highest BCUT2D eigenvalue weighted by Gasteiger charge is 2.38. The molecule has 28 heavy (non-hydrogen) atoms. The van der Waals surface area contributed by atoms with Crippen LogP contribution >= 0.6 is 11.3 Å². The van der Waals surface area contributed by atoms with Crippen molar-refractivity contribution in [1.82, 2.24) is 15.5 Å². The van der Waals surface area contributed by atoms with Crippen LogP contribution in [0.4, 0.5) is 18.0 Å². The van der Waals surface area contributed by atoms with Gasteiger partial charge in [-0.2, -0.15) is 13.2 Å². The van der Waals surface area contributed by atoms with E-state index in [1.807, 2.05) is 12.1 Å². The number of ether oxygens (including phenoxy) is 1. The number of amides is 2. The zero-order valence-electron chi connectivity index (χ0n) is 14.8. The molecule has 2 amide bonds. The van der Waals surface area contributed by atoms with Gasteiger partial charge in [0.25, 0.3) is 5.91 Å². The Labute approximate surface area is 162 Å². The van der Waals surface area contributed by atoms with E-state index >= 15 is 0 Å². The minimum absolute atomic E-state index is 0.0724. The SMILES string of the molecule is O=C(NCCN1CCOC1=O)c1ccc(C2CCCN2)s1.O=C(O)C(F)(F)F. The van der Waals surface area contributed by atoms with Crippen molar-refractivity contribution < 1.29 is 37.4 Å². The summed E-state index contributed by atoms with van der Waals surface area (Å²) in [4.78, 5) is 35.8. The van der Waals surface area contributed by atoms with Crippen LogP contribution in [0, 0.1) is 0 Å². The molecule has 0 aliphatic carbocycles. The molecule has 3 heterocycles. The molecule has 12 heteroatoms. The molecule has 1 aromatic heterocycles. The maximum atomic E-state index is 12.1. The average Bonchev–Trinajstić information content (AvgIpc) is 3.36. The Hall–Kier alpha value is -2.34. The molecule has 0 saturated carbocycles. The lowest BCUT2D eigenvalue weighted by Crippen LogP contribution is -2.35. The highest BCUT2D eigenvalue weighted by atomic mass is 32.1. The minimum Gasteiger partial charge on any atom is -0.475 e. The van der Waals surface area contributed by atoms with Crippen molar-refractivity contribution in [3.8, 4) is 0 Å². The molecule has 1 aromatic rings. The summed E-state index contributed by atoms with van der Waals surface area (Å²) in [6, 6.07) is 4.30. The summed E-state index contributed by atoms with van der Waals surface area (Å²) in [5.41, 5.74) is 0. The molecule has 0 aromatic carbocycles. The molecule has 0 radical (unpaired) electrons. The summed E-state index contributed by atoms with van der Waals surface area (Å²) in [6.07, 6.45) is -3.05. The smallest absolute Gasteiger partial charge is 0.475 e. The van der Waals surface area contributed by atoms with Crippen molar-refractivity contribution >= 4 is 29.3 Å². The largest absolute Gasteiger partial charge is 0.490 e. The molecule has 156 valence electrons. The standard InChI is InChI=1S/C14H19N3O3S.C2HF3O2/c18-13(16-6-7-17-8-9-20-14(17)19)12-4-3-11(21-12)10-2-1-5-15-10;3-2(4,5)1(6)7/h3-4,10,15H,1-2,5-9H2,(H,16,18);(H,6,7). The van der Waals surface area contributed by atoms with Gasteiger partial charge in [-0.3, -0.25) is 4.79 Å². The lowest BCUT2D eigenvalue weighted by atomic mass is 10.2. The van der Waals surface area contributed by atoms with E-state index in [2.05, 4.69) is 10.6 Å². The monoisotopic (exact) mass is 423 g/mol. The van der Waals surface area contributed by atoms with Gasteiger partial charge in [0, 0.05) is 24.0 Å². The fourth-order valence-electron chi connectivity index (χ4n) is 2.61. The van der Waals surface area contributed by atoms with Crippen molar-refractivity contribution in [2.75, 3.05) is 32.8 Å².